The predicted molar refractivity (Wildman–Crippen MR) is 69.8 cm³/mol. The van der Waals surface area contributed by atoms with Gasteiger partial charge in [-0.1, -0.05) is 42.5 Å². The highest BCUT2D eigenvalue weighted by Gasteiger charge is 2.24. The molecule has 2 nitrogen and oxygen atoms in total. The Labute approximate surface area is 97.7 Å². The van der Waals surface area contributed by atoms with E-state index in [1.165, 1.54) is 5.56 Å². The maximum atomic E-state index is 5.91. The van der Waals surface area contributed by atoms with Gasteiger partial charge in [-0.15, -0.1) is 10.9 Å². The van der Waals surface area contributed by atoms with Gasteiger partial charge in [0.2, 0.25) is 5.23 Å². The highest BCUT2D eigenvalue weighted by atomic mass is 32.2. The van der Waals surface area contributed by atoms with Crippen molar-refractivity contribution in [3.63, 3.8) is 0 Å². The number of benzene rings is 1. The van der Waals surface area contributed by atoms with Crippen molar-refractivity contribution in [2.75, 3.05) is 6.54 Å². The van der Waals surface area contributed by atoms with Gasteiger partial charge in [-0.2, -0.15) is 0 Å². The topological polar surface area (TPSA) is 21.6 Å². The molecule has 0 saturated carbocycles. The Balaban J connectivity index is 1.72. The number of aliphatic imine (C=N–C) groups is 1. The monoisotopic (exact) mass is 231 g/mol. The summed E-state index contributed by atoms with van der Waals surface area (Å²) in [6.45, 7) is 0.750. The molecule has 0 N–H and O–H groups in total. The second kappa shape index (κ2) is 4.18. The smallest absolute Gasteiger partial charge is 0.233 e. The largest absolute Gasteiger partial charge is 0.464 e. The van der Waals surface area contributed by atoms with Crippen LogP contribution in [-0.4, -0.2) is 11.8 Å². The van der Waals surface area contributed by atoms with Crippen molar-refractivity contribution in [2.24, 2.45) is 4.99 Å². The Morgan fingerprint density at radius 3 is 2.62 bits per heavy atom. The number of thiol groups is 1. The zero-order valence-electron chi connectivity index (χ0n) is 8.78. The van der Waals surface area contributed by atoms with Crippen LogP contribution < -0.4 is 0 Å². The third kappa shape index (κ3) is 1.78. The molecular formula is C13H13NOS. The summed E-state index contributed by atoms with van der Waals surface area (Å²) < 4.78 is 5.91. The standard InChI is InChI=1S/C13H13NOS/c1-2-6-11(7-3-1)12-10-14-13(15-12)16-8-4-5-9-16/h1-9,12,16H,10H2/t12-/m1/s1. The average Bonchev–Trinajstić information content (AvgIpc) is 3.01. The average molecular weight is 231 g/mol. The van der Waals surface area contributed by atoms with Crippen LogP contribution in [0.4, 0.5) is 0 Å². The minimum Gasteiger partial charge on any atom is -0.464 e. The zero-order valence-corrected chi connectivity index (χ0v) is 9.68. The fourth-order valence-corrected chi connectivity index (χ4v) is 3.23. The molecule has 1 atom stereocenters. The second-order valence-corrected chi connectivity index (χ2v) is 5.52. The van der Waals surface area contributed by atoms with Crippen LogP contribution in [0.15, 0.2) is 58.3 Å². The fourth-order valence-electron chi connectivity index (χ4n) is 1.81. The summed E-state index contributed by atoms with van der Waals surface area (Å²) in [6, 6.07) is 10.3. The van der Waals surface area contributed by atoms with E-state index in [2.05, 4.69) is 40.1 Å². The molecule has 0 fully saturated rings. The SMILES string of the molecule is C1=C[SH](C2=NC[C@H](c3ccccc3)O2)C=C1. The van der Waals surface area contributed by atoms with E-state index in [4.69, 9.17) is 4.74 Å². The highest BCUT2D eigenvalue weighted by Crippen LogP contribution is 2.39. The van der Waals surface area contributed by atoms with Gasteiger partial charge in [0.05, 0.1) is 6.54 Å². The van der Waals surface area contributed by atoms with E-state index in [1.807, 2.05) is 18.2 Å². The van der Waals surface area contributed by atoms with Gasteiger partial charge in [-0.3, -0.25) is 0 Å². The molecule has 3 rings (SSSR count). The third-order valence-corrected chi connectivity index (χ3v) is 4.31. The van der Waals surface area contributed by atoms with E-state index in [0.717, 1.165) is 11.8 Å². The lowest BCUT2D eigenvalue weighted by molar-refractivity contribution is 0.236. The number of rotatable bonds is 1. The molecule has 3 heteroatoms. The Hall–Kier alpha value is -1.48. The first-order chi connectivity index (χ1) is 7.93. The zero-order chi connectivity index (χ0) is 10.8. The number of nitrogens with zero attached hydrogens (tertiary/aromatic N) is 1. The van der Waals surface area contributed by atoms with E-state index in [9.17, 15) is 0 Å². The number of hydrogen-bond acceptors (Lipinski definition) is 2. The molecule has 0 bridgehead atoms. The van der Waals surface area contributed by atoms with E-state index in [-0.39, 0.29) is 6.10 Å². The van der Waals surface area contributed by atoms with Gasteiger partial charge in [0.15, 0.2) is 0 Å². The number of hydrogen-bond donors (Lipinski definition) is 1. The van der Waals surface area contributed by atoms with Crippen LogP contribution in [-0.2, 0) is 4.74 Å². The van der Waals surface area contributed by atoms with Crippen molar-refractivity contribution in [1.82, 2.24) is 0 Å². The summed E-state index contributed by atoms with van der Waals surface area (Å²) in [4.78, 5) is 4.50. The Kier molecular flexibility index (Phi) is 2.54. The lowest BCUT2D eigenvalue weighted by Crippen LogP contribution is -2.03. The molecule has 1 aromatic carbocycles. The molecule has 0 aromatic heterocycles. The van der Waals surface area contributed by atoms with Crippen LogP contribution in [0.5, 0.6) is 0 Å². The van der Waals surface area contributed by atoms with Crippen molar-refractivity contribution in [3.05, 3.63) is 58.9 Å². The molecule has 0 aliphatic carbocycles. The summed E-state index contributed by atoms with van der Waals surface area (Å²) in [5.74, 6) is 0. The minimum absolute atomic E-state index is 0.112. The van der Waals surface area contributed by atoms with Gasteiger partial charge in [0.1, 0.15) is 6.10 Å². The highest BCUT2D eigenvalue weighted by molar-refractivity contribution is 8.34. The van der Waals surface area contributed by atoms with Gasteiger partial charge in [0.25, 0.3) is 0 Å². The molecule has 2 aliphatic heterocycles. The fraction of sp³-hybridized carbons (Fsp3) is 0.154. The maximum absolute atomic E-state index is 5.91. The van der Waals surface area contributed by atoms with E-state index in [1.54, 1.807) is 0 Å². The van der Waals surface area contributed by atoms with E-state index in [0.29, 0.717) is 0 Å². The van der Waals surface area contributed by atoms with Gasteiger partial charge in [-0.05, 0) is 16.4 Å². The molecule has 2 aliphatic rings. The van der Waals surface area contributed by atoms with Gasteiger partial charge in [-0.25, -0.2) is 4.99 Å². The third-order valence-electron chi connectivity index (χ3n) is 2.64. The molecule has 16 heavy (non-hydrogen) atoms. The van der Waals surface area contributed by atoms with Crippen molar-refractivity contribution in [2.45, 2.75) is 6.10 Å². The predicted octanol–water partition coefficient (Wildman–Crippen LogP) is 3.16. The molecule has 0 amide bonds. The van der Waals surface area contributed by atoms with Crippen molar-refractivity contribution < 1.29 is 4.74 Å². The molecule has 1 aromatic rings. The van der Waals surface area contributed by atoms with Crippen molar-refractivity contribution >= 4 is 16.1 Å². The van der Waals surface area contributed by atoms with Crippen molar-refractivity contribution in [3.8, 4) is 0 Å². The number of ether oxygens (including phenoxy) is 1. The molecule has 0 saturated heterocycles. The Bertz CT molecular complexity index is 452. The van der Waals surface area contributed by atoms with Crippen LogP contribution >= 0.6 is 10.9 Å². The summed E-state index contributed by atoms with van der Waals surface area (Å²) >= 11 is 0. The van der Waals surface area contributed by atoms with Crippen molar-refractivity contribution in [1.29, 1.82) is 0 Å². The van der Waals surface area contributed by atoms with Crippen LogP contribution in [0, 0.1) is 0 Å². The second-order valence-electron chi connectivity index (χ2n) is 3.73. The first-order valence-corrected chi connectivity index (χ1v) is 6.81. The molecule has 82 valence electrons. The molecule has 0 radical (unpaired) electrons. The van der Waals surface area contributed by atoms with Gasteiger partial charge >= 0.3 is 0 Å². The normalized spacial score (nSPS) is 24.6. The summed E-state index contributed by atoms with van der Waals surface area (Å²) in [7, 11) is -0.397. The minimum atomic E-state index is -0.397. The Morgan fingerprint density at radius 1 is 1.12 bits per heavy atom. The summed E-state index contributed by atoms with van der Waals surface area (Å²) in [6.07, 6.45) is 4.24. The molecule has 2 heterocycles. The molecule has 0 spiro atoms. The van der Waals surface area contributed by atoms with Crippen LogP contribution in [0.25, 0.3) is 0 Å². The van der Waals surface area contributed by atoms with Crippen LogP contribution in [0.3, 0.4) is 0 Å². The summed E-state index contributed by atoms with van der Waals surface area (Å²) in [5, 5.41) is 5.25. The first-order valence-electron chi connectivity index (χ1n) is 5.33. The maximum Gasteiger partial charge on any atom is 0.233 e. The number of allylic oxidation sites excluding steroid dienone is 2. The Morgan fingerprint density at radius 2 is 1.88 bits per heavy atom. The lowest BCUT2D eigenvalue weighted by Gasteiger charge is -2.14. The summed E-state index contributed by atoms with van der Waals surface area (Å²) in [5.41, 5.74) is 1.21. The first kappa shape index (κ1) is 9.73. The lowest BCUT2D eigenvalue weighted by atomic mass is 10.1. The van der Waals surface area contributed by atoms with Crippen LogP contribution in [0.1, 0.15) is 11.7 Å². The van der Waals surface area contributed by atoms with Crippen LogP contribution in [0.2, 0.25) is 0 Å². The molecular weight excluding hydrogens is 218 g/mol. The van der Waals surface area contributed by atoms with E-state index >= 15 is 0 Å². The quantitative estimate of drug-likeness (QED) is 0.737. The van der Waals surface area contributed by atoms with Gasteiger partial charge < -0.3 is 4.74 Å². The van der Waals surface area contributed by atoms with E-state index < -0.39 is 10.9 Å². The van der Waals surface area contributed by atoms with Gasteiger partial charge in [0, 0.05) is 0 Å². The molecule has 0 unspecified atom stereocenters.